The molecule has 1 atom stereocenters. The fourth-order valence-electron chi connectivity index (χ4n) is 1.67. The number of nitrogens with two attached hydrogens (primary N) is 1. The van der Waals surface area contributed by atoms with Crippen molar-refractivity contribution in [1.29, 1.82) is 0 Å². The van der Waals surface area contributed by atoms with E-state index >= 15 is 0 Å². The zero-order chi connectivity index (χ0) is 10.8. The molecule has 0 aliphatic carbocycles. The minimum atomic E-state index is 0.511. The highest BCUT2D eigenvalue weighted by molar-refractivity contribution is 5.41. The highest BCUT2D eigenvalue weighted by atomic mass is 15.2. The van der Waals surface area contributed by atoms with Gasteiger partial charge in [-0.15, -0.1) is 10.2 Å². The summed E-state index contributed by atoms with van der Waals surface area (Å²) >= 11 is 0. The van der Waals surface area contributed by atoms with Gasteiger partial charge in [0.25, 0.3) is 0 Å². The number of hydrogen-bond acceptors (Lipinski definition) is 3. The molecule has 2 N–H and O–H groups in total. The van der Waals surface area contributed by atoms with E-state index in [0.717, 1.165) is 24.4 Å². The number of nitrogens with zero attached hydrogens (tertiary/aromatic N) is 3. The summed E-state index contributed by atoms with van der Waals surface area (Å²) in [5.74, 6) is 1.43. The number of hydrogen-bond donors (Lipinski definition) is 1. The third-order valence-corrected chi connectivity index (χ3v) is 2.63. The smallest absolute Gasteiger partial charge is 0.161 e. The number of fused-ring (bicyclic) bond motifs is 1. The molecule has 0 bridgehead atoms. The first-order chi connectivity index (χ1) is 7.20. The molecule has 2 heterocycles. The number of aryl methyl sites for hydroxylation is 1. The standard InChI is InChI=1S/C11H16N4/c1-8(7-12)5-10-3-4-15-9(2)13-14-11(15)6-10/h3-4,6,8H,5,7,12H2,1-2H3. The van der Waals surface area contributed by atoms with Crippen LogP contribution in [0.25, 0.3) is 5.65 Å². The maximum atomic E-state index is 5.60. The molecule has 15 heavy (non-hydrogen) atoms. The Morgan fingerprint density at radius 1 is 1.47 bits per heavy atom. The molecular weight excluding hydrogens is 188 g/mol. The normalized spacial score (nSPS) is 13.3. The van der Waals surface area contributed by atoms with Crippen LogP contribution in [-0.4, -0.2) is 21.1 Å². The van der Waals surface area contributed by atoms with Crippen molar-refractivity contribution in [2.75, 3.05) is 6.54 Å². The summed E-state index contributed by atoms with van der Waals surface area (Å²) < 4.78 is 1.98. The van der Waals surface area contributed by atoms with Crippen LogP contribution >= 0.6 is 0 Å². The molecule has 4 nitrogen and oxygen atoms in total. The Balaban J connectivity index is 2.31. The second kappa shape index (κ2) is 3.98. The van der Waals surface area contributed by atoms with E-state index in [4.69, 9.17) is 5.73 Å². The van der Waals surface area contributed by atoms with Gasteiger partial charge in [-0.25, -0.2) is 0 Å². The monoisotopic (exact) mass is 204 g/mol. The largest absolute Gasteiger partial charge is 0.330 e. The van der Waals surface area contributed by atoms with Crippen molar-refractivity contribution in [3.05, 3.63) is 29.7 Å². The van der Waals surface area contributed by atoms with Gasteiger partial charge in [-0.1, -0.05) is 6.92 Å². The zero-order valence-electron chi connectivity index (χ0n) is 9.14. The van der Waals surface area contributed by atoms with E-state index in [1.54, 1.807) is 0 Å². The lowest BCUT2D eigenvalue weighted by Gasteiger charge is -2.08. The minimum Gasteiger partial charge on any atom is -0.330 e. The lowest BCUT2D eigenvalue weighted by atomic mass is 10.0. The first kappa shape index (κ1) is 10.1. The van der Waals surface area contributed by atoms with E-state index in [1.807, 2.05) is 17.5 Å². The van der Waals surface area contributed by atoms with Gasteiger partial charge in [-0.3, -0.25) is 4.40 Å². The summed E-state index contributed by atoms with van der Waals surface area (Å²) in [7, 11) is 0. The molecule has 0 aromatic carbocycles. The lowest BCUT2D eigenvalue weighted by Crippen LogP contribution is -2.13. The van der Waals surface area contributed by atoms with Gasteiger partial charge in [-0.05, 0) is 43.5 Å². The Morgan fingerprint density at radius 2 is 2.27 bits per heavy atom. The highest BCUT2D eigenvalue weighted by Crippen LogP contribution is 2.11. The first-order valence-electron chi connectivity index (χ1n) is 5.21. The molecule has 2 aromatic rings. The summed E-state index contributed by atoms with van der Waals surface area (Å²) in [6.07, 6.45) is 3.02. The Labute approximate surface area is 89.1 Å². The Morgan fingerprint density at radius 3 is 3.00 bits per heavy atom. The van der Waals surface area contributed by atoms with Crippen molar-refractivity contribution in [1.82, 2.24) is 14.6 Å². The molecule has 0 saturated carbocycles. The highest BCUT2D eigenvalue weighted by Gasteiger charge is 2.04. The van der Waals surface area contributed by atoms with E-state index < -0.39 is 0 Å². The van der Waals surface area contributed by atoms with Crippen LogP contribution in [0.1, 0.15) is 18.3 Å². The average Bonchev–Trinajstić information content (AvgIpc) is 2.60. The second-order valence-electron chi connectivity index (χ2n) is 4.06. The van der Waals surface area contributed by atoms with Gasteiger partial charge in [0.15, 0.2) is 5.65 Å². The van der Waals surface area contributed by atoms with Crippen LogP contribution in [0, 0.1) is 12.8 Å². The molecule has 2 aromatic heterocycles. The Kier molecular flexibility index (Phi) is 2.68. The van der Waals surface area contributed by atoms with E-state index in [2.05, 4.69) is 29.3 Å². The van der Waals surface area contributed by atoms with Crippen LogP contribution < -0.4 is 5.73 Å². The second-order valence-corrected chi connectivity index (χ2v) is 4.06. The van der Waals surface area contributed by atoms with Crippen molar-refractivity contribution in [3.63, 3.8) is 0 Å². The van der Waals surface area contributed by atoms with E-state index in [-0.39, 0.29) is 0 Å². The first-order valence-corrected chi connectivity index (χ1v) is 5.21. The summed E-state index contributed by atoms with van der Waals surface area (Å²) in [5.41, 5.74) is 7.79. The van der Waals surface area contributed by atoms with Crippen LogP contribution in [0.4, 0.5) is 0 Å². The van der Waals surface area contributed by atoms with Gasteiger partial charge in [0.2, 0.25) is 0 Å². The molecule has 80 valence electrons. The molecule has 0 aliphatic heterocycles. The maximum Gasteiger partial charge on any atom is 0.161 e. The fourth-order valence-corrected chi connectivity index (χ4v) is 1.67. The van der Waals surface area contributed by atoms with Crippen molar-refractivity contribution in [2.45, 2.75) is 20.3 Å². The fraction of sp³-hybridized carbons (Fsp3) is 0.455. The lowest BCUT2D eigenvalue weighted by molar-refractivity contribution is 0.593. The van der Waals surface area contributed by atoms with Crippen LogP contribution in [-0.2, 0) is 6.42 Å². The summed E-state index contributed by atoms with van der Waals surface area (Å²) in [4.78, 5) is 0. The van der Waals surface area contributed by atoms with Crippen molar-refractivity contribution in [3.8, 4) is 0 Å². The summed E-state index contributed by atoms with van der Waals surface area (Å²) in [6, 6.07) is 4.18. The van der Waals surface area contributed by atoms with Gasteiger partial charge in [-0.2, -0.15) is 0 Å². The molecule has 1 unspecified atom stereocenters. The van der Waals surface area contributed by atoms with Crippen LogP contribution in [0.2, 0.25) is 0 Å². The van der Waals surface area contributed by atoms with Crippen LogP contribution in [0.15, 0.2) is 18.3 Å². The molecular formula is C11H16N4. The molecule has 0 saturated heterocycles. The third kappa shape index (κ3) is 1.99. The third-order valence-electron chi connectivity index (χ3n) is 2.63. The summed E-state index contributed by atoms with van der Waals surface area (Å²) in [5, 5.41) is 8.12. The predicted octanol–water partition coefficient (Wildman–Crippen LogP) is 1.18. The summed E-state index contributed by atoms with van der Waals surface area (Å²) in [6.45, 7) is 4.82. The van der Waals surface area contributed by atoms with E-state index in [1.165, 1.54) is 5.56 Å². The molecule has 0 fully saturated rings. The molecule has 4 heteroatoms. The Bertz CT molecular complexity index is 461. The molecule has 0 amide bonds. The van der Waals surface area contributed by atoms with Gasteiger partial charge >= 0.3 is 0 Å². The number of aromatic nitrogens is 3. The van der Waals surface area contributed by atoms with Gasteiger partial charge in [0.05, 0.1) is 0 Å². The Hall–Kier alpha value is -1.42. The predicted molar refractivity (Wildman–Crippen MR) is 59.6 cm³/mol. The molecule has 0 aliphatic rings. The van der Waals surface area contributed by atoms with E-state index in [9.17, 15) is 0 Å². The van der Waals surface area contributed by atoms with Gasteiger partial charge < -0.3 is 5.73 Å². The number of rotatable bonds is 3. The number of pyridine rings is 1. The van der Waals surface area contributed by atoms with Gasteiger partial charge in [0, 0.05) is 6.20 Å². The van der Waals surface area contributed by atoms with Crippen LogP contribution in [0.5, 0.6) is 0 Å². The van der Waals surface area contributed by atoms with E-state index in [0.29, 0.717) is 5.92 Å². The SMILES string of the molecule is Cc1nnc2cc(CC(C)CN)ccn12. The minimum absolute atomic E-state index is 0.511. The molecule has 0 radical (unpaired) electrons. The zero-order valence-corrected chi connectivity index (χ0v) is 9.14. The average molecular weight is 204 g/mol. The maximum absolute atomic E-state index is 5.60. The van der Waals surface area contributed by atoms with Gasteiger partial charge in [0.1, 0.15) is 5.82 Å². The quantitative estimate of drug-likeness (QED) is 0.816. The van der Waals surface area contributed by atoms with Crippen molar-refractivity contribution >= 4 is 5.65 Å². The van der Waals surface area contributed by atoms with Crippen molar-refractivity contribution < 1.29 is 0 Å². The van der Waals surface area contributed by atoms with Crippen LogP contribution in [0.3, 0.4) is 0 Å². The van der Waals surface area contributed by atoms with Crippen molar-refractivity contribution in [2.24, 2.45) is 11.7 Å². The molecule has 2 rings (SSSR count). The topological polar surface area (TPSA) is 56.2 Å². The molecule has 0 spiro atoms.